The van der Waals surface area contributed by atoms with Gasteiger partial charge < -0.3 is 14.6 Å². The highest BCUT2D eigenvalue weighted by Crippen LogP contribution is 2.54. The number of carbonyl (C=O) groups excluding carboxylic acids is 2. The maximum atomic E-state index is 12.3. The van der Waals surface area contributed by atoms with E-state index in [2.05, 4.69) is 10.5 Å². The minimum absolute atomic E-state index is 0.0794. The van der Waals surface area contributed by atoms with Crippen molar-refractivity contribution in [3.63, 3.8) is 0 Å². The molecule has 142 valence electrons. The molecule has 0 aromatic heterocycles. The molecule has 0 aromatic carbocycles. The van der Waals surface area contributed by atoms with E-state index in [1.54, 1.807) is 0 Å². The highest BCUT2D eigenvalue weighted by atomic mass is 17.2. The van der Waals surface area contributed by atoms with Crippen molar-refractivity contribution >= 4 is 17.7 Å². The van der Waals surface area contributed by atoms with E-state index in [-0.39, 0.29) is 5.71 Å². The third-order valence-electron chi connectivity index (χ3n) is 5.82. The molecule has 0 radical (unpaired) electrons. The van der Waals surface area contributed by atoms with Crippen LogP contribution in [0.3, 0.4) is 0 Å². The summed E-state index contributed by atoms with van der Waals surface area (Å²) in [5.74, 6) is -2.98. The average Bonchev–Trinajstić information content (AvgIpc) is 3.25. The summed E-state index contributed by atoms with van der Waals surface area (Å²) in [6.45, 7) is 0. The average molecular weight is 366 g/mol. The molecule has 1 saturated heterocycles. The minimum Gasteiger partial charge on any atom is -0.465 e. The molecule has 2 bridgehead atoms. The summed E-state index contributed by atoms with van der Waals surface area (Å²) in [4.78, 5) is 35.5. The van der Waals surface area contributed by atoms with E-state index in [1.807, 2.05) is 0 Å². The number of fused-ring (bicyclic) bond motifs is 5. The number of methoxy groups -OCH3 is 2. The molecule has 2 aliphatic carbocycles. The monoisotopic (exact) mass is 366 g/mol. The van der Waals surface area contributed by atoms with Crippen LogP contribution in [-0.4, -0.2) is 54.9 Å². The van der Waals surface area contributed by atoms with Crippen molar-refractivity contribution in [3.8, 4) is 0 Å². The maximum absolute atomic E-state index is 12.3. The molecule has 5 unspecified atom stereocenters. The Balaban J connectivity index is 1.82. The fourth-order valence-electron chi connectivity index (χ4n) is 4.65. The van der Waals surface area contributed by atoms with Gasteiger partial charge in [0, 0.05) is 0 Å². The van der Waals surface area contributed by atoms with Crippen LogP contribution in [0.1, 0.15) is 32.1 Å². The minimum atomic E-state index is -2.11. The van der Waals surface area contributed by atoms with E-state index in [9.17, 15) is 14.7 Å². The molecule has 3 fully saturated rings. The van der Waals surface area contributed by atoms with Crippen LogP contribution >= 0.6 is 0 Å². The van der Waals surface area contributed by atoms with Crippen molar-refractivity contribution in [1.29, 1.82) is 0 Å². The van der Waals surface area contributed by atoms with Crippen molar-refractivity contribution in [2.75, 3.05) is 14.2 Å². The molecule has 0 spiro atoms. The summed E-state index contributed by atoms with van der Waals surface area (Å²) < 4.78 is 9.58. The smallest absolute Gasteiger partial charge is 0.361 e. The Hall–Kier alpha value is -1.97. The lowest BCUT2D eigenvalue weighted by atomic mass is 9.79. The number of hydrogen-bond donors (Lipinski definition) is 2. The Kier molecular flexibility index (Phi) is 4.25. The van der Waals surface area contributed by atoms with E-state index in [0.29, 0.717) is 0 Å². The van der Waals surface area contributed by atoms with Gasteiger partial charge in [-0.05, 0) is 31.3 Å². The number of ether oxygens (including phenoxy) is 2. The first-order valence-electron chi connectivity index (χ1n) is 8.80. The van der Waals surface area contributed by atoms with Gasteiger partial charge in [-0.1, -0.05) is 12.0 Å². The molecule has 0 aromatic rings. The van der Waals surface area contributed by atoms with E-state index in [4.69, 9.17) is 19.2 Å². The molecule has 2 saturated carbocycles. The van der Waals surface area contributed by atoms with E-state index in [0.717, 1.165) is 31.3 Å². The zero-order chi connectivity index (χ0) is 18.5. The number of aliphatic hydroxyl groups is 1. The molecule has 4 aliphatic rings. The molecular weight excluding hydrogens is 344 g/mol. The van der Waals surface area contributed by atoms with E-state index < -0.39 is 41.7 Å². The highest BCUT2D eigenvalue weighted by Gasteiger charge is 2.69. The van der Waals surface area contributed by atoms with Gasteiger partial charge in [-0.25, -0.2) is 19.4 Å². The number of nitrogens with one attached hydrogen (secondary N) is 1. The summed E-state index contributed by atoms with van der Waals surface area (Å²) in [7, 11) is 2.44. The van der Waals surface area contributed by atoms with Crippen molar-refractivity contribution < 1.29 is 33.9 Å². The van der Waals surface area contributed by atoms with Crippen molar-refractivity contribution in [2.24, 2.45) is 16.9 Å². The molecule has 4 rings (SSSR count). The molecule has 5 atom stereocenters. The lowest BCUT2D eigenvalue weighted by Gasteiger charge is -2.41. The van der Waals surface area contributed by atoms with Crippen LogP contribution in [0.25, 0.3) is 0 Å². The lowest BCUT2D eigenvalue weighted by molar-refractivity contribution is -0.348. The van der Waals surface area contributed by atoms with Crippen molar-refractivity contribution in [1.82, 2.24) is 5.43 Å². The van der Waals surface area contributed by atoms with Gasteiger partial charge in [0.15, 0.2) is 5.71 Å². The molecular formula is C17H22N2O7. The quantitative estimate of drug-likeness (QED) is 0.404. The number of carbonyl (C=O) groups is 2. The van der Waals surface area contributed by atoms with Gasteiger partial charge in [-0.3, -0.25) is 5.43 Å². The Bertz CT molecular complexity index is 695. The summed E-state index contributed by atoms with van der Waals surface area (Å²) in [6, 6.07) is 0. The van der Waals surface area contributed by atoms with Crippen LogP contribution < -0.4 is 5.43 Å². The number of allylic oxidation sites excluding steroid dienone is 1. The molecule has 2 N–H and O–H groups in total. The summed E-state index contributed by atoms with van der Waals surface area (Å²) in [5, 5.41) is 15.0. The Morgan fingerprint density at radius 1 is 1.15 bits per heavy atom. The van der Waals surface area contributed by atoms with Gasteiger partial charge in [-0.15, -0.1) is 0 Å². The Morgan fingerprint density at radius 3 is 2.50 bits per heavy atom. The number of hydrazone groups is 1. The third kappa shape index (κ3) is 2.30. The van der Waals surface area contributed by atoms with Gasteiger partial charge in [0.1, 0.15) is 12.2 Å². The van der Waals surface area contributed by atoms with Gasteiger partial charge in [0.25, 0.3) is 5.72 Å². The lowest BCUT2D eigenvalue weighted by Crippen LogP contribution is -2.66. The Morgan fingerprint density at radius 2 is 1.85 bits per heavy atom. The molecule has 9 nitrogen and oxygen atoms in total. The predicted octanol–water partition coefficient (Wildman–Crippen LogP) is 0.186. The first-order valence-corrected chi connectivity index (χ1v) is 8.80. The second-order valence-corrected chi connectivity index (χ2v) is 7.06. The molecule has 2 heterocycles. The first kappa shape index (κ1) is 17.4. The van der Waals surface area contributed by atoms with E-state index in [1.165, 1.54) is 26.2 Å². The molecule has 2 aliphatic heterocycles. The van der Waals surface area contributed by atoms with Gasteiger partial charge in [0.05, 0.1) is 26.1 Å². The van der Waals surface area contributed by atoms with Crippen LogP contribution in [0.4, 0.5) is 0 Å². The first-order chi connectivity index (χ1) is 12.5. The standard InChI is InChI=1S/C17H22N2O7/c1-23-15(20)12-10-11(17(22,19-18-12)16(21)24-2)14-9(13(10)25-26-14)8-6-4-3-5-7-8/h10-11,13-14,19,22H,3-7H2,1-2H3. The van der Waals surface area contributed by atoms with Gasteiger partial charge in [0.2, 0.25) is 0 Å². The van der Waals surface area contributed by atoms with Crippen molar-refractivity contribution in [2.45, 2.75) is 50.0 Å². The SMILES string of the molecule is COC(=O)C1=NNC(O)(C(=O)OC)C2C3OOC(C3=C3CCCCC3)C12. The normalized spacial score (nSPS) is 38.3. The predicted molar refractivity (Wildman–Crippen MR) is 86.4 cm³/mol. The zero-order valence-electron chi connectivity index (χ0n) is 14.7. The fraction of sp³-hybridized carbons (Fsp3) is 0.706. The summed E-state index contributed by atoms with van der Waals surface area (Å²) in [6.07, 6.45) is 3.94. The Labute approximate surface area is 150 Å². The largest absolute Gasteiger partial charge is 0.465 e. The second kappa shape index (κ2) is 6.33. The second-order valence-electron chi connectivity index (χ2n) is 7.06. The van der Waals surface area contributed by atoms with E-state index >= 15 is 0 Å². The summed E-state index contributed by atoms with van der Waals surface area (Å²) in [5.41, 5.74) is 2.51. The van der Waals surface area contributed by atoms with Crippen LogP contribution in [0, 0.1) is 11.8 Å². The fourth-order valence-corrected chi connectivity index (χ4v) is 4.65. The van der Waals surface area contributed by atoms with Crippen LogP contribution in [0.5, 0.6) is 0 Å². The third-order valence-corrected chi connectivity index (χ3v) is 5.82. The molecule has 9 heteroatoms. The highest BCUT2D eigenvalue weighted by molar-refractivity contribution is 6.38. The van der Waals surface area contributed by atoms with Crippen molar-refractivity contribution in [3.05, 3.63) is 11.1 Å². The number of hydrogen-bond acceptors (Lipinski definition) is 9. The zero-order valence-corrected chi connectivity index (χ0v) is 14.7. The number of rotatable bonds is 2. The maximum Gasteiger partial charge on any atom is 0.361 e. The number of esters is 2. The molecule has 0 amide bonds. The van der Waals surface area contributed by atoms with Crippen LogP contribution in [0.15, 0.2) is 16.2 Å². The van der Waals surface area contributed by atoms with Gasteiger partial charge >= 0.3 is 11.9 Å². The topological polar surface area (TPSA) is 116 Å². The molecule has 26 heavy (non-hydrogen) atoms. The summed E-state index contributed by atoms with van der Waals surface area (Å²) >= 11 is 0. The van der Waals surface area contributed by atoms with Gasteiger partial charge in [-0.2, -0.15) is 5.10 Å². The van der Waals surface area contributed by atoms with Crippen LogP contribution in [0.2, 0.25) is 0 Å². The number of nitrogens with zero attached hydrogens (tertiary/aromatic N) is 1. The van der Waals surface area contributed by atoms with Crippen LogP contribution in [-0.2, 0) is 28.8 Å².